The Balaban J connectivity index is 2.02. The maximum atomic E-state index is 11.3. The Morgan fingerprint density at radius 1 is 1.67 bits per heavy atom. The van der Waals surface area contributed by atoms with Crippen molar-refractivity contribution in [3.05, 3.63) is 5.82 Å². The zero-order chi connectivity index (χ0) is 8.55. The van der Waals surface area contributed by atoms with Gasteiger partial charge in [0.05, 0.1) is 0 Å². The van der Waals surface area contributed by atoms with Gasteiger partial charge in [0.2, 0.25) is 0 Å². The molecule has 64 valence electrons. The zero-order valence-corrected chi connectivity index (χ0v) is 6.90. The van der Waals surface area contributed by atoms with Gasteiger partial charge in [-0.2, -0.15) is 0 Å². The van der Waals surface area contributed by atoms with Crippen molar-refractivity contribution in [3.63, 3.8) is 0 Å². The fourth-order valence-electron chi connectivity index (χ4n) is 1.08. The molecule has 0 atom stereocenters. The third-order valence-electron chi connectivity index (χ3n) is 2.05. The lowest BCUT2D eigenvalue weighted by Gasteiger charge is -1.98. The van der Waals surface area contributed by atoms with Crippen molar-refractivity contribution in [1.29, 1.82) is 0 Å². The highest BCUT2D eigenvalue weighted by molar-refractivity contribution is 5.82. The Hall–Kier alpha value is -1.26. The van der Waals surface area contributed by atoms with Gasteiger partial charge in [-0.05, 0) is 30.2 Å². The Labute approximate surface area is 69.8 Å². The van der Waals surface area contributed by atoms with Crippen LogP contribution in [0.1, 0.15) is 18.7 Å². The number of tetrazole rings is 1. The molecular weight excluding hydrogens is 156 g/mol. The number of aromatic nitrogens is 4. The number of aryl methyl sites for hydroxylation is 1. The molecule has 0 N–H and O–H groups in total. The Kier molecular flexibility index (Phi) is 1.64. The summed E-state index contributed by atoms with van der Waals surface area (Å²) >= 11 is 0. The number of Topliss-reactive ketones (excluding diaryl/α,β-unsaturated/α-hetero) is 1. The molecule has 1 aromatic heterocycles. The van der Waals surface area contributed by atoms with Gasteiger partial charge in [-0.25, -0.2) is 4.68 Å². The molecule has 12 heavy (non-hydrogen) atoms. The van der Waals surface area contributed by atoms with E-state index in [0.29, 0.717) is 12.4 Å². The molecule has 2 rings (SSSR count). The summed E-state index contributed by atoms with van der Waals surface area (Å²) in [5.41, 5.74) is 0. The van der Waals surface area contributed by atoms with E-state index in [9.17, 15) is 4.79 Å². The largest absolute Gasteiger partial charge is 0.297 e. The molecule has 0 spiro atoms. The van der Waals surface area contributed by atoms with Crippen molar-refractivity contribution in [2.24, 2.45) is 5.92 Å². The van der Waals surface area contributed by atoms with Crippen molar-refractivity contribution >= 4 is 5.78 Å². The SMILES string of the molecule is Cc1nnnn1CC(=O)C1CC1. The summed E-state index contributed by atoms with van der Waals surface area (Å²) in [6.07, 6.45) is 2.08. The molecule has 0 aliphatic heterocycles. The molecule has 1 heterocycles. The minimum atomic E-state index is 0.255. The quantitative estimate of drug-likeness (QED) is 0.632. The second kappa shape index (κ2) is 2.66. The molecule has 0 unspecified atom stereocenters. The summed E-state index contributed by atoms with van der Waals surface area (Å²) < 4.78 is 1.54. The molecule has 0 radical (unpaired) electrons. The van der Waals surface area contributed by atoms with Gasteiger partial charge in [0, 0.05) is 5.92 Å². The van der Waals surface area contributed by atoms with Crippen molar-refractivity contribution < 1.29 is 4.79 Å². The molecule has 1 saturated carbocycles. The van der Waals surface area contributed by atoms with Crippen LogP contribution in [-0.2, 0) is 11.3 Å². The lowest BCUT2D eigenvalue weighted by Crippen LogP contribution is -2.14. The minimum Gasteiger partial charge on any atom is -0.297 e. The summed E-state index contributed by atoms with van der Waals surface area (Å²) in [5, 5.41) is 10.9. The van der Waals surface area contributed by atoms with E-state index in [2.05, 4.69) is 15.5 Å². The number of nitrogens with zero attached hydrogens (tertiary/aromatic N) is 4. The number of rotatable bonds is 3. The molecule has 5 heteroatoms. The predicted octanol–water partition coefficient (Wildman–Crippen LogP) is -0.0394. The third kappa shape index (κ3) is 1.34. The standard InChI is InChI=1S/C7H10N4O/c1-5-8-9-10-11(5)4-7(12)6-2-3-6/h6H,2-4H2,1H3. The molecule has 0 saturated heterocycles. The van der Waals surface area contributed by atoms with Crippen LogP contribution in [0.4, 0.5) is 0 Å². The summed E-state index contributed by atoms with van der Waals surface area (Å²) in [6.45, 7) is 2.13. The van der Waals surface area contributed by atoms with Gasteiger partial charge in [0.25, 0.3) is 0 Å². The number of carbonyl (C=O) groups is 1. The van der Waals surface area contributed by atoms with Crippen molar-refractivity contribution in [3.8, 4) is 0 Å². The van der Waals surface area contributed by atoms with Crippen molar-refractivity contribution in [2.75, 3.05) is 0 Å². The van der Waals surface area contributed by atoms with E-state index in [4.69, 9.17) is 0 Å². The first-order valence-electron chi connectivity index (χ1n) is 4.03. The van der Waals surface area contributed by atoms with E-state index in [1.54, 1.807) is 11.6 Å². The molecule has 0 amide bonds. The van der Waals surface area contributed by atoms with Crippen LogP contribution in [0.2, 0.25) is 0 Å². The monoisotopic (exact) mass is 166 g/mol. The fourth-order valence-corrected chi connectivity index (χ4v) is 1.08. The first-order valence-corrected chi connectivity index (χ1v) is 4.03. The van der Waals surface area contributed by atoms with Gasteiger partial charge in [0.1, 0.15) is 12.4 Å². The second-order valence-electron chi connectivity index (χ2n) is 3.12. The van der Waals surface area contributed by atoms with Gasteiger partial charge in [-0.1, -0.05) is 0 Å². The lowest BCUT2D eigenvalue weighted by atomic mass is 10.3. The van der Waals surface area contributed by atoms with E-state index < -0.39 is 0 Å². The number of hydrogen-bond donors (Lipinski definition) is 0. The summed E-state index contributed by atoms with van der Waals surface area (Å²) in [5.74, 6) is 1.24. The first-order chi connectivity index (χ1) is 5.77. The lowest BCUT2D eigenvalue weighted by molar-refractivity contribution is -0.121. The van der Waals surface area contributed by atoms with Crippen LogP contribution in [0.25, 0.3) is 0 Å². The summed E-state index contributed by atoms with van der Waals surface area (Å²) in [6, 6.07) is 0. The molecule has 1 aliphatic carbocycles. The van der Waals surface area contributed by atoms with Gasteiger partial charge < -0.3 is 0 Å². The molecule has 5 nitrogen and oxygen atoms in total. The predicted molar refractivity (Wildman–Crippen MR) is 40.3 cm³/mol. The average molecular weight is 166 g/mol. The topological polar surface area (TPSA) is 60.7 Å². The average Bonchev–Trinajstić information content (AvgIpc) is 2.80. The fraction of sp³-hybridized carbons (Fsp3) is 0.714. The van der Waals surface area contributed by atoms with E-state index in [1.165, 1.54) is 0 Å². The minimum absolute atomic E-state index is 0.255. The van der Waals surface area contributed by atoms with Crippen LogP contribution < -0.4 is 0 Å². The van der Waals surface area contributed by atoms with Crippen LogP contribution in [0.5, 0.6) is 0 Å². The van der Waals surface area contributed by atoms with Crippen LogP contribution in [0, 0.1) is 12.8 Å². The van der Waals surface area contributed by atoms with Crippen LogP contribution >= 0.6 is 0 Å². The van der Waals surface area contributed by atoms with E-state index >= 15 is 0 Å². The van der Waals surface area contributed by atoms with Gasteiger partial charge in [-0.15, -0.1) is 5.10 Å². The van der Waals surface area contributed by atoms with Gasteiger partial charge >= 0.3 is 0 Å². The van der Waals surface area contributed by atoms with E-state index in [-0.39, 0.29) is 11.7 Å². The smallest absolute Gasteiger partial charge is 0.157 e. The molecular formula is C7H10N4O. The van der Waals surface area contributed by atoms with Crippen molar-refractivity contribution in [2.45, 2.75) is 26.3 Å². The maximum absolute atomic E-state index is 11.3. The molecule has 1 aromatic rings. The maximum Gasteiger partial charge on any atom is 0.157 e. The van der Waals surface area contributed by atoms with Crippen molar-refractivity contribution in [1.82, 2.24) is 20.2 Å². The summed E-state index contributed by atoms with van der Waals surface area (Å²) in [7, 11) is 0. The van der Waals surface area contributed by atoms with Gasteiger partial charge in [-0.3, -0.25) is 4.79 Å². The summed E-state index contributed by atoms with van der Waals surface area (Å²) in [4.78, 5) is 11.3. The normalized spacial score (nSPS) is 16.4. The highest BCUT2D eigenvalue weighted by atomic mass is 16.1. The third-order valence-corrected chi connectivity index (χ3v) is 2.05. The molecule has 0 bridgehead atoms. The Morgan fingerprint density at radius 3 is 2.92 bits per heavy atom. The Bertz CT molecular complexity index is 302. The van der Waals surface area contributed by atoms with E-state index in [0.717, 1.165) is 12.8 Å². The zero-order valence-electron chi connectivity index (χ0n) is 6.90. The second-order valence-corrected chi connectivity index (χ2v) is 3.12. The number of ketones is 1. The van der Waals surface area contributed by atoms with Crippen LogP contribution in [-0.4, -0.2) is 26.0 Å². The number of hydrogen-bond acceptors (Lipinski definition) is 4. The molecule has 0 aromatic carbocycles. The first kappa shape index (κ1) is 7.39. The highest BCUT2D eigenvalue weighted by Crippen LogP contribution is 2.30. The highest BCUT2D eigenvalue weighted by Gasteiger charge is 2.29. The van der Waals surface area contributed by atoms with E-state index in [1.807, 2.05) is 0 Å². The molecule has 1 fully saturated rings. The van der Waals surface area contributed by atoms with Crippen LogP contribution in [0.15, 0.2) is 0 Å². The number of carbonyl (C=O) groups excluding carboxylic acids is 1. The van der Waals surface area contributed by atoms with Crippen LogP contribution in [0.3, 0.4) is 0 Å². The Morgan fingerprint density at radius 2 is 2.42 bits per heavy atom. The molecule has 1 aliphatic rings. The van der Waals surface area contributed by atoms with Gasteiger partial charge in [0.15, 0.2) is 5.78 Å².